The fourth-order valence-corrected chi connectivity index (χ4v) is 3.48. The van der Waals surface area contributed by atoms with Gasteiger partial charge >= 0.3 is 17.9 Å². The summed E-state index contributed by atoms with van der Waals surface area (Å²) in [6, 6.07) is 9.15. The lowest BCUT2D eigenvalue weighted by Crippen LogP contribution is -2.31. The summed E-state index contributed by atoms with van der Waals surface area (Å²) in [6.45, 7) is 3.15. The fourth-order valence-electron chi connectivity index (χ4n) is 2.50. The summed E-state index contributed by atoms with van der Waals surface area (Å²) >= 11 is 0.884. The zero-order valence-electron chi connectivity index (χ0n) is 15.5. The highest BCUT2D eigenvalue weighted by Gasteiger charge is 2.33. The smallest absolute Gasteiger partial charge is 0.348 e. The van der Waals surface area contributed by atoms with Gasteiger partial charge in [0.2, 0.25) is 0 Å². The van der Waals surface area contributed by atoms with Gasteiger partial charge in [0.25, 0.3) is 0 Å². The number of esters is 3. The summed E-state index contributed by atoms with van der Waals surface area (Å²) in [5.41, 5.74) is 5.91. The van der Waals surface area contributed by atoms with Gasteiger partial charge in [-0.25, -0.2) is 9.59 Å². The predicted octanol–water partition coefficient (Wildman–Crippen LogP) is 2.92. The first kappa shape index (κ1) is 20.4. The molecule has 8 heteroatoms. The molecule has 0 fully saturated rings. The van der Waals surface area contributed by atoms with Crippen LogP contribution in [0.4, 0.5) is 5.00 Å². The molecular weight excluding hydrogens is 370 g/mol. The van der Waals surface area contributed by atoms with Crippen LogP contribution in [-0.2, 0) is 31.0 Å². The molecule has 0 atom stereocenters. The third kappa shape index (κ3) is 4.11. The highest BCUT2D eigenvalue weighted by atomic mass is 32.1. The van der Waals surface area contributed by atoms with Crippen LogP contribution >= 0.6 is 11.3 Å². The Kier molecular flexibility index (Phi) is 6.22. The van der Waals surface area contributed by atoms with Crippen molar-refractivity contribution in [2.75, 3.05) is 20.0 Å². The summed E-state index contributed by atoms with van der Waals surface area (Å²) < 4.78 is 14.9. The zero-order valence-corrected chi connectivity index (χ0v) is 16.3. The number of methoxy groups -OCH3 is 2. The minimum absolute atomic E-state index is 0.00761. The molecule has 0 bridgehead atoms. The van der Waals surface area contributed by atoms with Gasteiger partial charge in [-0.05, 0) is 19.4 Å². The summed E-state index contributed by atoms with van der Waals surface area (Å²) in [6.07, 6.45) is 0. The topological polar surface area (TPSA) is 105 Å². The molecule has 2 aromatic rings. The average Bonchev–Trinajstić information content (AvgIpc) is 3.01. The lowest BCUT2D eigenvalue weighted by Gasteiger charge is -2.23. The van der Waals surface area contributed by atoms with Crippen LogP contribution in [0.1, 0.15) is 45.0 Å². The van der Waals surface area contributed by atoms with E-state index in [1.54, 1.807) is 13.8 Å². The first-order chi connectivity index (χ1) is 12.7. The highest BCUT2D eigenvalue weighted by molar-refractivity contribution is 7.18. The monoisotopic (exact) mass is 391 g/mol. The highest BCUT2D eigenvalue weighted by Crippen LogP contribution is 2.34. The molecule has 27 heavy (non-hydrogen) atoms. The predicted molar refractivity (Wildman–Crippen MR) is 101 cm³/mol. The van der Waals surface area contributed by atoms with Gasteiger partial charge in [0.15, 0.2) is 0 Å². The van der Waals surface area contributed by atoms with Gasteiger partial charge < -0.3 is 19.9 Å². The average molecular weight is 391 g/mol. The van der Waals surface area contributed by atoms with E-state index in [0.717, 1.165) is 16.9 Å². The van der Waals surface area contributed by atoms with Gasteiger partial charge in [-0.3, -0.25) is 4.79 Å². The van der Waals surface area contributed by atoms with Crippen molar-refractivity contribution in [1.29, 1.82) is 0 Å². The fraction of sp³-hybridized carbons (Fsp3) is 0.316. The number of hydrogen-bond acceptors (Lipinski definition) is 8. The standard InChI is InChI=1S/C19H21NO6S/c1-19(2,11-8-6-5-7-9-11)18(23)26-10-12-13(16(21)24-3)15(20)27-14(12)17(22)25-4/h5-9H,10,20H2,1-4H3. The summed E-state index contributed by atoms with van der Waals surface area (Å²) in [7, 11) is 2.41. The number of carbonyl (C=O) groups excluding carboxylic acids is 3. The van der Waals surface area contributed by atoms with Crippen LogP contribution in [-0.4, -0.2) is 32.1 Å². The van der Waals surface area contributed by atoms with E-state index in [2.05, 4.69) is 0 Å². The first-order valence-electron chi connectivity index (χ1n) is 8.04. The minimum atomic E-state index is -0.917. The Hall–Kier alpha value is -2.87. The summed E-state index contributed by atoms with van der Waals surface area (Å²) in [5.74, 6) is -1.90. The summed E-state index contributed by atoms with van der Waals surface area (Å²) in [4.78, 5) is 36.8. The largest absolute Gasteiger partial charge is 0.465 e. The van der Waals surface area contributed by atoms with Crippen molar-refractivity contribution < 1.29 is 28.6 Å². The van der Waals surface area contributed by atoms with Gasteiger partial charge in [0.1, 0.15) is 22.0 Å². The van der Waals surface area contributed by atoms with E-state index in [1.165, 1.54) is 14.2 Å². The van der Waals surface area contributed by atoms with Crippen LogP contribution in [0.2, 0.25) is 0 Å². The van der Waals surface area contributed by atoms with Crippen LogP contribution in [0.5, 0.6) is 0 Å². The second-order valence-electron chi connectivity index (χ2n) is 6.20. The van der Waals surface area contributed by atoms with Crippen molar-refractivity contribution >= 4 is 34.2 Å². The van der Waals surface area contributed by atoms with Crippen molar-refractivity contribution in [2.24, 2.45) is 0 Å². The number of rotatable bonds is 6. The molecule has 7 nitrogen and oxygen atoms in total. The zero-order chi connectivity index (χ0) is 20.2. The molecule has 0 amide bonds. The Labute approximate surface area is 161 Å². The molecule has 0 aliphatic heterocycles. The molecule has 0 aliphatic carbocycles. The number of thiophene rings is 1. The molecule has 1 aromatic heterocycles. The van der Waals surface area contributed by atoms with Crippen molar-refractivity contribution in [3.05, 3.63) is 51.9 Å². The maximum absolute atomic E-state index is 12.7. The van der Waals surface area contributed by atoms with Crippen LogP contribution in [0, 0.1) is 0 Å². The molecule has 2 N–H and O–H groups in total. The quantitative estimate of drug-likeness (QED) is 0.596. The Bertz CT molecular complexity index is 857. The van der Waals surface area contributed by atoms with E-state index >= 15 is 0 Å². The molecule has 0 aliphatic rings. The molecule has 0 unspecified atom stereocenters. The van der Waals surface area contributed by atoms with Crippen molar-refractivity contribution in [3.63, 3.8) is 0 Å². The molecule has 1 heterocycles. The maximum Gasteiger partial charge on any atom is 0.348 e. The molecule has 0 saturated heterocycles. The second kappa shape index (κ2) is 8.22. The Balaban J connectivity index is 2.32. The number of anilines is 1. The Morgan fingerprint density at radius 3 is 2.19 bits per heavy atom. The second-order valence-corrected chi connectivity index (χ2v) is 7.25. The normalized spacial score (nSPS) is 11.0. The van der Waals surface area contributed by atoms with E-state index in [4.69, 9.17) is 19.9 Å². The molecule has 0 radical (unpaired) electrons. The van der Waals surface area contributed by atoms with Gasteiger partial charge in [-0.2, -0.15) is 0 Å². The van der Waals surface area contributed by atoms with Gasteiger partial charge in [-0.1, -0.05) is 30.3 Å². The number of benzene rings is 1. The van der Waals surface area contributed by atoms with Crippen LogP contribution in [0.3, 0.4) is 0 Å². The molecular formula is C19H21NO6S. The lowest BCUT2D eigenvalue weighted by molar-refractivity contribution is -0.150. The number of ether oxygens (including phenoxy) is 3. The third-order valence-electron chi connectivity index (χ3n) is 4.15. The summed E-state index contributed by atoms with van der Waals surface area (Å²) in [5, 5.41) is 0.0932. The van der Waals surface area contributed by atoms with E-state index in [9.17, 15) is 14.4 Å². The van der Waals surface area contributed by atoms with Crippen LogP contribution in [0.25, 0.3) is 0 Å². The van der Waals surface area contributed by atoms with Crippen LogP contribution < -0.4 is 5.73 Å². The van der Waals surface area contributed by atoms with Crippen LogP contribution in [0.15, 0.2) is 30.3 Å². The van der Waals surface area contributed by atoms with Crippen molar-refractivity contribution in [3.8, 4) is 0 Å². The minimum Gasteiger partial charge on any atom is -0.465 e. The van der Waals surface area contributed by atoms with Gasteiger partial charge in [-0.15, -0.1) is 11.3 Å². The SMILES string of the molecule is COC(=O)c1sc(N)c(C(=O)OC)c1COC(=O)C(C)(C)c1ccccc1. The van der Waals surface area contributed by atoms with Gasteiger partial charge in [0, 0.05) is 5.56 Å². The Morgan fingerprint density at radius 1 is 1.04 bits per heavy atom. The molecule has 1 aromatic carbocycles. The Morgan fingerprint density at radius 2 is 1.63 bits per heavy atom. The molecule has 2 rings (SSSR count). The molecule has 0 spiro atoms. The lowest BCUT2D eigenvalue weighted by atomic mass is 9.85. The number of nitrogens with two attached hydrogens (primary N) is 1. The van der Waals surface area contributed by atoms with E-state index in [1.807, 2.05) is 30.3 Å². The number of hydrogen-bond donors (Lipinski definition) is 1. The number of carbonyl (C=O) groups is 3. The molecule has 144 valence electrons. The van der Waals surface area contributed by atoms with Crippen molar-refractivity contribution in [1.82, 2.24) is 0 Å². The number of nitrogen functional groups attached to an aromatic ring is 1. The van der Waals surface area contributed by atoms with E-state index in [0.29, 0.717) is 0 Å². The van der Waals surface area contributed by atoms with E-state index in [-0.39, 0.29) is 27.6 Å². The first-order valence-corrected chi connectivity index (χ1v) is 8.86. The van der Waals surface area contributed by atoms with E-state index < -0.39 is 23.3 Å². The maximum atomic E-state index is 12.7. The van der Waals surface area contributed by atoms with Crippen molar-refractivity contribution in [2.45, 2.75) is 25.9 Å². The van der Waals surface area contributed by atoms with Gasteiger partial charge in [0.05, 0.1) is 19.6 Å². The molecule has 0 saturated carbocycles. The third-order valence-corrected chi connectivity index (χ3v) is 5.19.